The molecule has 2 aromatic rings. The second kappa shape index (κ2) is 8.37. The molecule has 0 fully saturated rings. The van der Waals surface area contributed by atoms with Crippen molar-refractivity contribution in [2.75, 3.05) is 12.3 Å². The number of thioether (sulfide) groups is 1. The van der Waals surface area contributed by atoms with Gasteiger partial charge in [-0.15, -0.1) is 0 Å². The maximum Gasteiger partial charge on any atom is 0.278 e. The number of H-pyrrole nitrogens is 1. The zero-order valence-electron chi connectivity index (χ0n) is 14.8. The van der Waals surface area contributed by atoms with Crippen LogP contribution in [0.15, 0.2) is 16.0 Å². The molecule has 1 amide bonds. The van der Waals surface area contributed by atoms with Crippen molar-refractivity contribution in [3.05, 3.63) is 22.1 Å². The number of unbranched alkanes of at least 4 members (excludes halogenated alkanes) is 1. The van der Waals surface area contributed by atoms with Gasteiger partial charge in [-0.3, -0.25) is 14.2 Å². The number of aromatic amines is 1. The summed E-state index contributed by atoms with van der Waals surface area (Å²) >= 11 is 1.32. The molecule has 0 aliphatic carbocycles. The van der Waals surface area contributed by atoms with E-state index in [2.05, 4.69) is 22.2 Å². The lowest BCUT2D eigenvalue weighted by molar-refractivity contribution is -0.118. The lowest BCUT2D eigenvalue weighted by Crippen LogP contribution is -2.28. The first-order valence-corrected chi connectivity index (χ1v) is 9.47. The molecule has 1 unspecified atom stereocenters. The Morgan fingerprint density at radius 3 is 2.88 bits per heavy atom. The van der Waals surface area contributed by atoms with Crippen molar-refractivity contribution in [1.82, 2.24) is 19.9 Å². The number of fused-ring (bicyclic) bond motifs is 1. The van der Waals surface area contributed by atoms with Gasteiger partial charge in [0.25, 0.3) is 5.56 Å². The van der Waals surface area contributed by atoms with Crippen LogP contribution in [0.4, 0.5) is 0 Å². The number of carbonyl (C=O) groups is 1. The smallest absolute Gasteiger partial charge is 0.278 e. The van der Waals surface area contributed by atoms with Gasteiger partial charge in [0.2, 0.25) is 5.91 Å². The predicted molar refractivity (Wildman–Crippen MR) is 98.7 cm³/mol. The van der Waals surface area contributed by atoms with Crippen LogP contribution in [0.25, 0.3) is 11.0 Å². The number of hydrogen-bond acceptors (Lipinski definition) is 4. The number of nitrogens with zero attached hydrogens (tertiary/aromatic N) is 2. The summed E-state index contributed by atoms with van der Waals surface area (Å²) in [7, 11) is 0. The van der Waals surface area contributed by atoms with E-state index in [9.17, 15) is 9.59 Å². The van der Waals surface area contributed by atoms with Crippen LogP contribution in [0, 0.1) is 6.92 Å². The molecule has 0 aliphatic rings. The van der Waals surface area contributed by atoms with Gasteiger partial charge in [-0.1, -0.05) is 32.0 Å². The van der Waals surface area contributed by atoms with Gasteiger partial charge in [-0.25, -0.2) is 4.98 Å². The van der Waals surface area contributed by atoms with Gasteiger partial charge in [0.05, 0.1) is 11.3 Å². The molecule has 0 saturated carbocycles. The number of rotatable bonds is 8. The molecule has 1 atom stereocenters. The van der Waals surface area contributed by atoms with Crippen LogP contribution in [0.2, 0.25) is 0 Å². The monoisotopic (exact) mass is 350 g/mol. The average molecular weight is 350 g/mol. The van der Waals surface area contributed by atoms with Crippen LogP contribution in [0.5, 0.6) is 0 Å². The van der Waals surface area contributed by atoms with E-state index in [1.54, 1.807) is 4.57 Å². The SMILES string of the molecule is CCCCNC(=O)CSc1nc2cc(C)[nH]c2c(=O)n1C(C)CC. The molecular formula is C17H26N4O2S. The van der Waals surface area contributed by atoms with E-state index in [0.717, 1.165) is 25.0 Å². The Morgan fingerprint density at radius 1 is 1.46 bits per heavy atom. The Labute approximate surface area is 146 Å². The fourth-order valence-corrected chi connectivity index (χ4v) is 3.38. The molecule has 0 saturated heterocycles. The largest absolute Gasteiger partial charge is 0.355 e. The highest BCUT2D eigenvalue weighted by molar-refractivity contribution is 7.99. The fraction of sp³-hybridized carbons (Fsp3) is 0.588. The van der Waals surface area contributed by atoms with Crippen molar-refractivity contribution in [1.29, 1.82) is 0 Å². The standard InChI is InChI=1S/C17H26N4O2S/c1-5-7-8-18-14(22)10-24-17-20-13-9-11(3)19-15(13)16(23)21(17)12(4)6-2/h9,12,19H,5-8,10H2,1-4H3,(H,18,22). The van der Waals surface area contributed by atoms with Crippen molar-refractivity contribution < 1.29 is 4.79 Å². The van der Waals surface area contributed by atoms with Gasteiger partial charge in [-0.05, 0) is 32.8 Å². The number of aromatic nitrogens is 3. The summed E-state index contributed by atoms with van der Waals surface area (Å²) in [5.74, 6) is 0.241. The Morgan fingerprint density at radius 2 is 2.21 bits per heavy atom. The number of nitrogens with one attached hydrogen (secondary N) is 2. The van der Waals surface area contributed by atoms with Gasteiger partial charge in [0, 0.05) is 18.3 Å². The van der Waals surface area contributed by atoms with Gasteiger partial charge >= 0.3 is 0 Å². The van der Waals surface area contributed by atoms with E-state index in [1.165, 1.54) is 11.8 Å². The summed E-state index contributed by atoms with van der Waals surface area (Å²) in [6.45, 7) is 8.72. The molecule has 2 heterocycles. The minimum absolute atomic E-state index is 0.0243. The number of carbonyl (C=O) groups excluding carboxylic acids is 1. The second-order valence-corrected chi connectivity index (χ2v) is 6.97. The van der Waals surface area contributed by atoms with E-state index in [-0.39, 0.29) is 23.3 Å². The minimum Gasteiger partial charge on any atom is -0.355 e. The Balaban J connectivity index is 2.27. The zero-order valence-corrected chi connectivity index (χ0v) is 15.6. The first-order valence-electron chi connectivity index (χ1n) is 8.49. The average Bonchev–Trinajstić information content (AvgIpc) is 2.93. The molecule has 132 valence electrons. The molecule has 7 heteroatoms. The summed E-state index contributed by atoms with van der Waals surface area (Å²) < 4.78 is 1.70. The Kier molecular flexibility index (Phi) is 6.48. The number of aryl methyl sites for hydroxylation is 1. The molecule has 0 aromatic carbocycles. The van der Waals surface area contributed by atoms with Crippen LogP contribution in [0.1, 0.15) is 51.8 Å². The van der Waals surface area contributed by atoms with Crippen LogP contribution < -0.4 is 10.9 Å². The third-order valence-electron chi connectivity index (χ3n) is 4.00. The van der Waals surface area contributed by atoms with Crippen LogP contribution >= 0.6 is 11.8 Å². The maximum absolute atomic E-state index is 12.8. The Hall–Kier alpha value is -1.76. The molecule has 2 rings (SSSR count). The van der Waals surface area contributed by atoms with Gasteiger partial charge in [0.15, 0.2) is 5.16 Å². The zero-order chi connectivity index (χ0) is 17.7. The first-order chi connectivity index (χ1) is 11.5. The molecule has 0 aliphatic heterocycles. The van der Waals surface area contributed by atoms with Gasteiger partial charge in [-0.2, -0.15) is 0 Å². The topological polar surface area (TPSA) is 79.8 Å². The molecule has 0 bridgehead atoms. The second-order valence-electron chi connectivity index (χ2n) is 6.03. The lowest BCUT2D eigenvalue weighted by atomic mass is 10.2. The number of hydrogen-bond donors (Lipinski definition) is 2. The molecule has 24 heavy (non-hydrogen) atoms. The summed E-state index contributed by atoms with van der Waals surface area (Å²) in [6.07, 6.45) is 2.84. The van der Waals surface area contributed by atoms with Crippen LogP contribution in [0.3, 0.4) is 0 Å². The minimum atomic E-state index is -0.0728. The third kappa shape index (κ3) is 4.20. The molecule has 2 aromatic heterocycles. The summed E-state index contributed by atoms with van der Waals surface area (Å²) in [4.78, 5) is 32.4. The van der Waals surface area contributed by atoms with E-state index in [1.807, 2.05) is 26.8 Å². The summed E-state index contributed by atoms with van der Waals surface area (Å²) in [6, 6.07) is 1.90. The maximum atomic E-state index is 12.8. The highest BCUT2D eigenvalue weighted by atomic mass is 32.2. The number of amides is 1. The first kappa shape index (κ1) is 18.6. The lowest BCUT2D eigenvalue weighted by Gasteiger charge is -2.17. The Bertz CT molecular complexity index is 766. The van der Waals surface area contributed by atoms with Gasteiger partial charge < -0.3 is 10.3 Å². The highest BCUT2D eigenvalue weighted by Crippen LogP contribution is 2.22. The van der Waals surface area contributed by atoms with E-state index in [4.69, 9.17) is 0 Å². The molecule has 2 N–H and O–H groups in total. The van der Waals surface area contributed by atoms with Crippen molar-refractivity contribution in [2.45, 2.75) is 58.2 Å². The van der Waals surface area contributed by atoms with E-state index in [0.29, 0.717) is 22.7 Å². The van der Waals surface area contributed by atoms with E-state index < -0.39 is 0 Å². The van der Waals surface area contributed by atoms with Crippen LogP contribution in [-0.4, -0.2) is 32.7 Å². The highest BCUT2D eigenvalue weighted by Gasteiger charge is 2.17. The summed E-state index contributed by atoms with van der Waals surface area (Å²) in [5.41, 5.74) is 2.02. The third-order valence-corrected chi connectivity index (χ3v) is 4.96. The quantitative estimate of drug-likeness (QED) is 0.436. The van der Waals surface area contributed by atoms with Crippen molar-refractivity contribution in [3.63, 3.8) is 0 Å². The van der Waals surface area contributed by atoms with Gasteiger partial charge in [0.1, 0.15) is 5.52 Å². The predicted octanol–water partition coefficient (Wildman–Crippen LogP) is 3.01. The normalized spacial score (nSPS) is 12.5. The molecular weight excluding hydrogens is 324 g/mol. The molecule has 0 spiro atoms. The van der Waals surface area contributed by atoms with Crippen molar-refractivity contribution in [2.24, 2.45) is 0 Å². The molecule has 6 nitrogen and oxygen atoms in total. The summed E-state index contributed by atoms with van der Waals surface area (Å²) in [5, 5.41) is 3.49. The van der Waals surface area contributed by atoms with Crippen LogP contribution in [-0.2, 0) is 4.79 Å². The van der Waals surface area contributed by atoms with Crippen molar-refractivity contribution >= 4 is 28.7 Å². The fourth-order valence-electron chi connectivity index (χ4n) is 2.45. The van der Waals surface area contributed by atoms with E-state index >= 15 is 0 Å². The molecule has 0 radical (unpaired) electrons. The van der Waals surface area contributed by atoms with Crippen molar-refractivity contribution in [3.8, 4) is 0 Å².